The number of sulfonamides is 1. The summed E-state index contributed by atoms with van der Waals surface area (Å²) in [7, 11) is -3.31. The third-order valence-electron chi connectivity index (χ3n) is 4.16. The summed E-state index contributed by atoms with van der Waals surface area (Å²) < 4.78 is 21.9. The maximum Gasteiger partial charge on any atom is 0.210 e. The van der Waals surface area contributed by atoms with Crippen molar-refractivity contribution in [3.63, 3.8) is 0 Å². The second-order valence-corrected chi connectivity index (χ2v) is 7.27. The van der Waals surface area contributed by atoms with Gasteiger partial charge in [-0.25, -0.2) is 13.6 Å². The van der Waals surface area contributed by atoms with E-state index in [1.54, 1.807) is 0 Å². The van der Waals surface area contributed by atoms with Crippen LogP contribution in [-0.2, 0) is 10.0 Å². The van der Waals surface area contributed by atoms with E-state index in [4.69, 9.17) is 5.14 Å². The lowest BCUT2D eigenvalue weighted by atomic mass is 10.00. The normalized spacial score (nSPS) is 25.4. The van der Waals surface area contributed by atoms with Crippen LogP contribution in [0.3, 0.4) is 0 Å². The molecule has 0 aromatic heterocycles. The molecule has 2 saturated heterocycles. The molecule has 2 N–H and O–H groups in total. The van der Waals surface area contributed by atoms with Crippen LogP contribution in [0.2, 0.25) is 0 Å². The first-order valence-electron chi connectivity index (χ1n) is 7.01. The summed E-state index contributed by atoms with van der Waals surface area (Å²) in [6.07, 6.45) is 6.40. The Morgan fingerprint density at radius 3 is 2.17 bits per heavy atom. The highest BCUT2D eigenvalue weighted by Gasteiger charge is 2.25. The molecule has 106 valence electrons. The van der Waals surface area contributed by atoms with Crippen molar-refractivity contribution in [2.45, 2.75) is 38.1 Å². The van der Waals surface area contributed by atoms with Gasteiger partial charge in [-0.3, -0.25) is 0 Å². The molecule has 2 aliphatic heterocycles. The highest BCUT2D eigenvalue weighted by molar-refractivity contribution is 7.89. The smallest absolute Gasteiger partial charge is 0.210 e. The van der Waals surface area contributed by atoms with Crippen molar-refractivity contribution < 1.29 is 8.42 Å². The van der Waals surface area contributed by atoms with Gasteiger partial charge in [-0.2, -0.15) is 0 Å². The van der Waals surface area contributed by atoms with E-state index in [2.05, 4.69) is 9.80 Å². The lowest BCUT2D eigenvalue weighted by Gasteiger charge is -2.40. The zero-order valence-electron chi connectivity index (χ0n) is 11.1. The number of primary sulfonamides is 1. The van der Waals surface area contributed by atoms with E-state index in [1.807, 2.05) is 0 Å². The molecule has 0 saturated carbocycles. The summed E-state index contributed by atoms with van der Waals surface area (Å²) in [5, 5.41) is 5.03. The molecule has 2 fully saturated rings. The Bertz CT molecular complexity index is 344. The van der Waals surface area contributed by atoms with Crippen LogP contribution in [0.5, 0.6) is 0 Å². The molecule has 18 heavy (non-hydrogen) atoms. The van der Waals surface area contributed by atoms with Gasteiger partial charge in [0.15, 0.2) is 0 Å². The lowest BCUT2D eigenvalue weighted by Crippen LogP contribution is -2.47. The molecule has 0 aromatic rings. The van der Waals surface area contributed by atoms with Crippen LogP contribution in [0.15, 0.2) is 0 Å². The number of hydrogen-bond acceptors (Lipinski definition) is 4. The largest absolute Gasteiger partial charge is 0.302 e. The van der Waals surface area contributed by atoms with Crippen LogP contribution in [0.25, 0.3) is 0 Å². The minimum absolute atomic E-state index is 0.0847. The fraction of sp³-hybridized carbons (Fsp3) is 1.00. The molecule has 0 aliphatic carbocycles. The van der Waals surface area contributed by atoms with E-state index in [9.17, 15) is 8.42 Å². The average Bonchev–Trinajstić information content (AvgIpc) is 2.37. The summed E-state index contributed by atoms with van der Waals surface area (Å²) in [6.45, 7) is 5.11. The molecule has 5 nitrogen and oxygen atoms in total. The zero-order chi connectivity index (χ0) is 13.0. The number of nitrogens with two attached hydrogens (primary N) is 1. The van der Waals surface area contributed by atoms with Crippen LogP contribution in [0, 0.1) is 0 Å². The van der Waals surface area contributed by atoms with Crippen molar-refractivity contribution in [2.24, 2.45) is 5.14 Å². The van der Waals surface area contributed by atoms with Crippen LogP contribution in [0.1, 0.15) is 32.1 Å². The minimum atomic E-state index is -3.31. The van der Waals surface area contributed by atoms with Gasteiger partial charge in [-0.1, -0.05) is 6.42 Å². The van der Waals surface area contributed by atoms with Crippen LogP contribution < -0.4 is 5.14 Å². The first-order chi connectivity index (χ1) is 8.54. The Morgan fingerprint density at radius 1 is 1.00 bits per heavy atom. The Labute approximate surface area is 110 Å². The van der Waals surface area contributed by atoms with Gasteiger partial charge >= 0.3 is 0 Å². The quantitative estimate of drug-likeness (QED) is 0.797. The second-order valence-electron chi connectivity index (χ2n) is 5.54. The summed E-state index contributed by atoms with van der Waals surface area (Å²) >= 11 is 0. The van der Waals surface area contributed by atoms with Crippen molar-refractivity contribution in [1.29, 1.82) is 0 Å². The minimum Gasteiger partial charge on any atom is -0.302 e. The first-order valence-corrected chi connectivity index (χ1v) is 8.73. The maximum atomic E-state index is 10.9. The zero-order valence-corrected chi connectivity index (χ0v) is 11.9. The topological polar surface area (TPSA) is 66.6 Å². The highest BCUT2D eigenvalue weighted by atomic mass is 32.2. The summed E-state index contributed by atoms with van der Waals surface area (Å²) in [5.74, 6) is 0.0847. The fourth-order valence-electron chi connectivity index (χ4n) is 3.05. The van der Waals surface area contributed by atoms with Gasteiger partial charge in [0.05, 0.1) is 5.75 Å². The van der Waals surface area contributed by atoms with E-state index in [0.29, 0.717) is 6.54 Å². The monoisotopic (exact) mass is 275 g/mol. The molecule has 0 atom stereocenters. The Balaban J connectivity index is 1.70. The molecule has 0 bridgehead atoms. The number of piperidine rings is 2. The molecular formula is C12H25N3O2S. The Morgan fingerprint density at radius 2 is 1.61 bits per heavy atom. The third kappa shape index (κ3) is 4.50. The first kappa shape index (κ1) is 14.2. The molecule has 6 heteroatoms. The standard InChI is InChI=1S/C12H25N3O2S/c13-18(16,17)11-10-14-8-4-12(5-9-14)15-6-2-1-3-7-15/h12H,1-11H2,(H2,13,16,17). The lowest BCUT2D eigenvalue weighted by molar-refractivity contribution is 0.0952. The predicted octanol–water partition coefficient (Wildman–Crippen LogP) is 0.225. The van der Waals surface area contributed by atoms with Crippen molar-refractivity contribution in [3.8, 4) is 0 Å². The van der Waals surface area contributed by atoms with Gasteiger partial charge in [0.25, 0.3) is 0 Å². The van der Waals surface area contributed by atoms with Crippen molar-refractivity contribution in [2.75, 3.05) is 38.5 Å². The van der Waals surface area contributed by atoms with E-state index >= 15 is 0 Å². The fourth-order valence-corrected chi connectivity index (χ4v) is 3.56. The predicted molar refractivity (Wildman–Crippen MR) is 72.9 cm³/mol. The molecule has 0 radical (unpaired) electrons. The molecule has 2 heterocycles. The van der Waals surface area contributed by atoms with E-state index < -0.39 is 10.0 Å². The summed E-state index contributed by atoms with van der Waals surface area (Å²) in [5.41, 5.74) is 0. The van der Waals surface area contributed by atoms with Crippen LogP contribution in [-0.4, -0.2) is 62.7 Å². The molecule has 2 rings (SSSR count). The summed E-state index contributed by atoms with van der Waals surface area (Å²) in [4.78, 5) is 4.85. The third-order valence-corrected chi connectivity index (χ3v) is 4.91. The van der Waals surface area contributed by atoms with Gasteiger partial charge in [-0.05, 0) is 51.9 Å². The van der Waals surface area contributed by atoms with Crippen molar-refractivity contribution >= 4 is 10.0 Å². The summed E-state index contributed by atoms with van der Waals surface area (Å²) in [6, 6.07) is 0.719. The second kappa shape index (κ2) is 6.32. The number of nitrogens with zero attached hydrogens (tertiary/aromatic N) is 2. The number of likely N-dealkylation sites (tertiary alicyclic amines) is 2. The SMILES string of the molecule is NS(=O)(=O)CCN1CCC(N2CCCCC2)CC1. The van der Waals surface area contributed by atoms with Crippen molar-refractivity contribution in [1.82, 2.24) is 9.80 Å². The molecule has 0 unspecified atom stereocenters. The van der Waals surface area contributed by atoms with Gasteiger partial charge in [0.2, 0.25) is 10.0 Å². The van der Waals surface area contributed by atoms with Crippen LogP contribution >= 0.6 is 0 Å². The highest BCUT2D eigenvalue weighted by Crippen LogP contribution is 2.20. The maximum absolute atomic E-state index is 10.9. The molecule has 0 amide bonds. The van der Waals surface area contributed by atoms with E-state index in [1.165, 1.54) is 45.2 Å². The van der Waals surface area contributed by atoms with Gasteiger partial charge in [0, 0.05) is 12.6 Å². The number of hydrogen-bond donors (Lipinski definition) is 1. The number of rotatable bonds is 4. The van der Waals surface area contributed by atoms with Crippen LogP contribution in [0.4, 0.5) is 0 Å². The molecular weight excluding hydrogens is 250 g/mol. The van der Waals surface area contributed by atoms with Gasteiger partial charge < -0.3 is 9.80 Å². The van der Waals surface area contributed by atoms with Gasteiger partial charge in [0.1, 0.15) is 0 Å². The van der Waals surface area contributed by atoms with Gasteiger partial charge in [-0.15, -0.1) is 0 Å². The van der Waals surface area contributed by atoms with Crippen molar-refractivity contribution in [3.05, 3.63) is 0 Å². The average molecular weight is 275 g/mol. The molecule has 0 spiro atoms. The molecule has 0 aromatic carbocycles. The van der Waals surface area contributed by atoms with E-state index in [0.717, 1.165) is 19.1 Å². The Kier molecular flexibility index (Phi) is 5.00. The van der Waals surface area contributed by atoms with E-state index in [-0.39, 0.29) is 5.75 Å². The Hall–Kier alpha value is -0.170. The molecule has 2 aliphatic rings.